The van der Waals surface area contributed by atoms with Gasteiger partial charge in [-0.1, -0.05) is 13.0 Å². The number of nitrogens with zero attached hydrogens (tertiary/aromatic N) is 1. The summed E-state index contributed by atoms with van der Waals surface area (Å²) in [6.45, 7) is 5.27. The van der Waals surface area contributed by atoms with Crippen LogP contribution in [0.4, 0.5) is 0 Å². The normalized spacial score (nSPS) is 24.8. The van der Waals surface area contributed by atoms with Gasteiger partial charge in [-0.3, -0.25) is 4.79 Å². The van der Waals surface area contributed by atoms with Crippen molar-refractivity contribution >= 4 is 18.5 Å². The van der Waals surface area contributed by atoms with Gasteiger partial charge in [-0.15, -0.1) is 12.6 Å². The molecule has 2 atom stereocenters. The van der Waals surface area contributed by atoms with E-state index in [1.54, 1.807) is 0 Å². The molecule has 0 spiro atoms. The summed E-state index contributed by atoms with van der Waals surface area (Å²) in [5, 5.41) is 0. The van der Waals surface area contributed by atoms with E-state index in [2.05, 4.69) is 26.5 Å². The Morgan fingerprint density at radius 3 is 2.82 bits per heavy atom. The van der Waals surface area contributed by atoms with Crippen molar-refractivity contribution < 1.29 is 4.79 Å². The zero-order chi connectivity index (χ0) is 12.4. The van der Waals surface area contributed by atoms with Gasteiger partial charge in [0, 0.05) is 23.0 Å². The molecule has 3 heteroatoms. The highest BCUT2D eigenvalue weighted by atomic mass is 32.1. The van der Waals surface area contributed by atoms with Crippen LogP contribution < -0.4 is 0 Å². The van der Waals surface area contributed by atoms with E-state index >= 15 is 0 Å². The first-order valence-electron chi connectivity index (χ1n) is 6.18. The predicted molar refractivity (Wildman–Crippen MR) is 72.6 cm³/mol. The third-order valence-electron chi connectivity index (χ3n) is 3.49. The Hall–Kier alpha value is -0.960. The summed E-state index contributed by atoms with van der Waals surface area (Å²) in [7, 11) is 0. The molecule has 0 bridgehead atoms. The molecule has 0 radical (unpaired) electrons. The van der Waals surface area contributed by atoms with E-state index in [9.17, 15) is 4.79 Å². The first kappa shape index (κ1) is 12.5. The molecule has 2 rings (SSSR count). The molecule has 0 saturated carbocycles. The van der Waals surface area contributed by atoms with Crippen molar-refractivity contribution in [1.82, 2.24) is 4.90 Å². The van der Waals surface area contributed by atoms with Gasteiger partial charge in [0.2, 0.25) is 0 Å². The summed E-state index contributed by atoms with van der Waals surface area (Å²) in [5.74, 6) is 0.866. The number of likely N-dealkylation sites (tertiary alicyclic amines) is 1. The van der Waals surface area contributed by atoms with Gasteiger partial charge in [0.15, 0.2) is 0 Å². The molecular weight excluding hydrogens is 230 g/mol. The molecule has 1 aromatic carbocycles. The van der Waals surface area contributed by atoms with Gasteiger partial charge in [-0.2, -0.15) is 0 Å². The Morgan fingerprint density at radius 1 is 1.41 bits per heavy atom. The maximum Gasteiger partial charge on any atom is 0.254 e. The number of amides is 1. The summed E-state index contributed by atoms with van der Waals surface area (Å²) in [6, 6.07) is 7.83. The summed E-state index contributed by atoms with van der Waals surface area (Å²) < 4.78 is 0. The van der Waals surface area contributed by atoms with E-state index in [4.69, 9.17) is 0 Å². The average Bonchev–Trinajstić information content (AvgIpc) is 2.28. The van der Waals surface area contributed by atoms with Crippen LogP contribution in [0.15, 0.2) is 29.2 Å². The highest BCUT2D eigenvalue weighted by Gasteiger charge is 2.27. The Kier molecular flexibility index (Phi) is 3.77. The lowest BCUT2D eigenvalue weighted by Gasteiger charge is -2.36. The molecule has 1 amide bonds. The van der Waals surface area contributed by atoms with Crippen LogP contribution in [0.25, 0.3) is 0 Å². The van der Waals surface area contributed by atoms with Gasteiger partial charge >= 0.3 is 0 Å². The molecule has 17 heavy (non-hydrogen) atoms. The van der Waals surface area contributed by atoms with E-state index < -0.39 is 0 Å². The number of rotatable bonds is 1. The van der Waals surface area contributed by atoms with Crippen LogP contribution in [-0.4, -0.2) is 23.4 Å². The van der Waals surface area contributed by atoms with E-state index in [1.807, 2.05) is 29.2 Å². The molecule has 2 unspecified atom stereocenters. The summed E-state index contributed by atoms with van der Waals surface area (Å²) in [6.07, 6.45) is 2.21. The average molecular weight is 249 g/mol. The van der Waals surface area contributed by atoms with E-state index in [0.29, 0.717) is 6.04 Å². The van der Waals surface area contributed by atoms with Gasteiger partial charge < -0.3 is 4.90 Å². The second-order valence-electron chi connectivity index (χ2n) is 5.03. The quantitative estimate of drug-likeness (QED) is 0.758. The van der Waals surface area contributed by atoms with Crippen molar-refractivity contribution in [2.24, 2.45) is 5.92 Å². The van der Waals surface area contributed by atoms with Crippen molar-refractivity contribution in [3.05, 3.63) is 29.8 Å². The highest BCUT2D eigenvalue weighted by molar-refractivity contribution is 7.80. The van der Waals surface area contributed by atoms with Crippen molar-refractivity contribution in [2.45, 2.75) is 37.6 Å². The topological polar surface area (TPSA) is 20.3 Å². The Balaban J connectivity index is 2.15. The molecule has 92 valence electrons. The molecule has 2 nitrogen and oxygen atoms in total. The second-order valence-corrected chi connectivity index (χ2v) is 5.54. The summed E-state index contributed by atoms with van der Waals surface area (Å²) in [5.41, 5.74) is 0.749. The SMILES string of the molecule is CC1CCN(C(=O)c2cccc(S)c2)C(C)C1. The fourth-order valence-corrected chi connectivity index (χ4v) is 2.74. The lowest BCUT2D eigenvalue weighted by molar-refractivity contribution is 0.0588. The van der Waals surface area contributed by atoms with Crippen LogP contribution >= 0.6 is 12.6 Å². The van der Waals surface area contributed by atoms with Crippen molar-refractivity contribution in [1.29, 1.82) is 0 Å². The molecule has 1 heterocycles. The smallest absolute Gasteiger partial charge is 0.254 e. The molecule has 1 aromatic rings. The van der Waals surface area contributed by atoms with Crippen LogP contribution in [0.3, 0.4) is 0 Å². The van der Waals surface area contributed by atoms with E-state index in [1.165, 1.54) is 0 Å². The Morgan fingerprint density at radius 2 is 2.18 bits per heavy atom. The first-order chi connectivity index (χ1) is 8.08. The number of benzene rings is 1. The molecule has 0 N–H and O–H groups in total. The lowest BCUT2D eigenvalue weighted by atomic mass is 9.93. The Bertz CT molecular complexity index is 418. The maximum atomic E-state index is 12.4. The summed E-state index contributed by atoms with van der Waals surface area (Å²) in [4.78, 5) is 15.2. The zero-order valence-electron chi connectivity index (χ0n) is 10.4. The fourth-order valence-electron chi connectivity index (χ4n) is 2.51. The number of hydrogen-bond donors (Lipinski definition) is 1. The minimum absolute atomic E-state index is 0.139. The van der Waals surface area contributed by atoms with Crippen molar-refractivity contribution in [2.75, 3.05) is 6.54 Å². The first-order valence-corrected chi connectivity index (χ1v) is 6.62. The van der Waals surface area contributed by atoms with E-state index in [-0.39, 0.29) is 5.91 Å². The largest absolute Gasteiger partial charge is 0.336 e. The predicted octanol–water partition coefficient (Wildman–Crippen LogP) is 3.24. The number of hydrogen-bond acceptors (Lipinski definition) is 2. The molecular formula is C14H19NOS. The van der Waals surface area contributed by atoms with Crippen LogP contribution in [0.1, 0.15) is 37.0 Å². The second kappa shape index (κ2) is 5.13. The van der Waals surface area contributed by atoms with Gasteiger partial charge in [0.1, 0.15) is 0 Å². The van der Waals surface area contributed by atoms with Gasteiger partial charge in [0.25, 0.3) is 5.91 Å². The van der Waals surface area contributed by atoms with Gasteiger partial charge in [-0.25, -0.2) is 0 Å². The molecule has 1 aliphatic rings. The third-order valence-corrected chi connectivity index (χ3v) is 3.77. The van der Waals surface area contributed by atoms with Crippen molar-refractivity contribution in [3.8, 4) is 0 Å². The number of thiol groups is 1. The minimum Gasteiger partial charge on any atom is -0.336 e. The molecule has 0 aromatic heterocycles. The lowest BCUT2D eigenvalue weighted by Crippen LogP contribution is -2.44. The standard InChI is InChI=1S/C14H19NOS/c1-10-6-7-15(11(2)8-10)14(16)12-4-3-5-13(17)9-12/h3-5,9-11,17H,6-8H2,1-2H3. The monoisotopic (exact) mass is 249 g/mol. The van der Waals surface area contributed by atoms with Crippen LogP contribution in [-0.2, 0) is 0 Å². The minimum atomic E-state index is 0.139. The number of piperidine rings is 1. The third kappa shape index (κ3) is 2.83. The fraction of sp³-hybridized carbons (Fsp3) is 0.500. The van der Waals surface area contributed by atoms with Crippen LogP contribution in [0.2, 0.25) is 0 Å². The molecule has 1 aliphatic heterocycles. The highest BCUT2D eigenvalue weighted by Crippen LogP contribution is 2.24. The van der Waals surface area contributed by atoms with Crippen molar-refractivity contribution in [3.63, 3.8) is 0 Å². The van der Waals surface area contributed by atoms with Gasteiger partial charge in [0.05, 0.1) is 0 Å². The summed E-state index contributed by atoms with van der Waals surface area (Å²) >= 11 is 4.28. The maximum absolute atomic E-state index is 12.4. The molecule has 1 saturated heterocycles. The molecule has 0 aliphatic carbocycles. The van der Waals surface area contributed by atoms with Crippen LogP contribution in [0.5, 0.6) is 0 Å². The number of carbonyl (C=O) groups is 1. The number of carbonyl (C=O) groups excluding carboxylic acids is 1. The molecule has 1 fully saturated rings. The van der Waals surface area contributed by atoms with E-state index in [0.717, 1.165) is 35.8 Å². The zero-order valence-corrected chi connectivity index (χ0v) is 11.3. The Labute approximate surface area is 108 Å². The van der Waals surface area contributed by atoms with Gasteiger partial charge in [-0.05, 0) is 43.9 Å². The van der Waals surface area contributed by atoms with Crippen LogP contribution in [0, 0.1) is 5.92 Å².